The standard InChI is InChI=1S/C10H8ClF3O2/c1-5-3-8(16-2)6(4-7(5)11)9(15)10(12,13)14/h3-4H,1-2H3. The highest BCUT2D eigenvalue weighted by atomic mass is 35.5. The summed E-state index contributed by atoms with van der Waals surface area (Å²) in [5.41, 5.74) is -0.0390. The zero-order valence-electron chi connectivity index (χ0n) is 8.48. The third kappa shape index (κ3) is 2.47. The van der Waals surface area contributed by atoms with Gasteiger partial charge in [-0.15, -0.1) is 0 Å². The lowest BCUT2D eigenvalue weighted by Crippen LogP contribution is -2.23. The summed E-state index contributed by atoms with van der Waals surface area (Å²) < 4.78 is 41.4. The van der Waals surface area contributed by atoms with Crippen LogP contribution in [0.25, 0.3) is 0 Å². The van der Waals surface area contributed by atoms with E-state index in [-0.39, 0.29) is 10.8 Å². The summed E-state index contributed by atoms with van der Waals surface area (Å²) in [6.07, 6.45) is -4.94. The monoisotopic (exact) mass is 252 g/mol. The molecule has 0 saturated carbocycles. The van der Waals surface area contributed by atoms with Gasteiger partial charge in [0.2, 0.25) is 0 Å². The normalized spacial score (nSPS) is 11.4. The first-order chi connectivity index (χ1) is 7.27. The largest absolute Gasteiger partial charge is 0.496 e. The number of benzene rings is 1. The predicted octanol–water partition coefficient (Wildman–Crippen LogP) is 3.40. The minimum atomic E-state index is -4.94. The Bertz CT molecular complexity index is 427. The average molecular weight is 253 g/mol. The van der Waals surface area contributed by atoms with Gasteiger partial charge >= 0.3 is 6.18 Å². The number of Topliss-reactive ketones (excluding diaryl/α,β-unsaturated/α-hetero) is 1. The third-order valence-electron chi connectivity index (χ3n) is 1.98. The molecule has 6 heteroatoms. The third-order valence-corrected chi connectivity index (χ3v) is 2.39. The van der Waals surface area contributed by atoms with Crippen molar-refractivity contribution in [3.63, 3.8) is 0 Å². The Hall–Kier alpha value is -1.23. The highest BCUT2D eigenvalue weighted by molar-refractivity contribution is 6.31. The molecular formula is C10H8ClF3O2. The van der Waals surface area contributed by atoms with Crippen LogP contribution in [0.15, 0.2) is 12.1 Å². The van der Waals surface area contributed by atoms with Gasteiger partial charge in [-0.25, -0.2) is 0 Å². The first kappa shape index (κ1) is 12.8. The van der Waals surface area contributed by atoms with Crippen LogP contribution < -0.4 is 4.74 Å². The molecule has 0 radical (unpaired) electrons. The van der Waals surface area contributed by atoms with Gasteiger partial charge < -0.3 is 4.74 Å². The number of halogens is 4. The highest BCUT2D eigenvalue weighted by Gasteiger charge is 2.41. The van der Waals surface area contributed by atoms with E-state index in [0.717, 1.165) is 6.07 Å². The SMILES string of the molecule is COc1cc(C)c(Cl)cc1C(=O)C(F)(F)F. The van der Waals surface area contributed by atoms with Gasteiger partial charge in [0.15, 0.2) is 0 Å². The molecule has 1 aromatic carbocycles. The molecule has 0 aliphatic heterocycles. The van der Waals surface area contributed by atoms with Gasteiger partial charge in [0.1, 0.15) is 5.75 Å². The second kappa shape index (κ2) is 4.33. The van der Waals surface area contributed by atoms with Crippen LogP contribution in [-0.2, 0) is 0 Å². The summed E-state index contributed by atoms with van der Waals surface area (Å²) in [5, 5.41) is 0.0911. The van der Waals surface area contributed by atoms with E-state index < -0.39 is 17.5 Å². The second-order valence-electron chi connectivity index (χ2n) is 3.13. The van der Waals surface area contributed by atoms with E-state index in [1.54, 1.807) is 6.92 Å². The smallest absolute Gasteiger partial charge is 0.455 e. The van der Waals surface area contributed by atoms with E-state index in [4.69, 9.17) is 16.3 Å². The Labute approximate surface area is 95.0 Å². The van der Waals surface area contributed by atoms with Gasteiger partial charge in [-0.05, 0) is 24.6 Å². The Kier molecular flexibility index (Phi) is 3.48. The van der Waals surface area contributed by atoms with E-state index in [9.17, 15) is 18.0 Å². The Morgan fingerprint density at radius 3 is 2.38 bits per heavy atom. The van der Waals surface area contributed by atoms with Crippen molar-refractivity contribution in [3.8, 4) is 5.75 Å². The van der Waals surface area contributed by atoms with Crippen molar-refractivity contribution in [1.29, 1.82) is 0 Å². The van der Waals surface area contributed by atoms with E-state index in [0.29, 0.717) is 5.56 Å². The summed E-state index contributed by atoms with van der Waals surface area (Å²) in [5.74, 6) is -2.10. The van der Waals surface area contributed by atoms with Gasteiger partial charge in [-0.2, -0.15) is 13.2 Å². The van der Waals surface area contributed by atoms with Gasteiger partial charge in [-0.3, -0.25) is 4.79 Å². The quantitative estimate of drug-likeness (QED) is 0.754. The van der Waals surface area contributed by atoms with Crippen molar-refractivity contribution in [2.24, 2.45) is 0 Å². The number of carbonyl (C=O) groups excluding carboxylic acids is 1. The summed E-state index contributed by atoms with van der Waals surface area (Å²) in [7, 11) is 1.19. The van der Waals surface area contributed by atoms with E-state index >= 15 is 0 Å². The number of carbonyl (C=O) groups is 1. The molecule has 1 aromatic rings. The van der Waals surface area contributed by atoms with Crippen molar-refractivity contribution < 1.29 is 22.7 Å². The summed E-state index contributed by atoms with van der Waals surface area (Å²) in [6.45, 7) is 1.60. The molecule has 0 aliphatic rings. The Morgan fingerprint density at radius 2 is 1.94 bits per heavy atom. The fraction of sp³-hybridized carbons (Fsp3) is 0.300. The minimum absolute atomic E-state index is 0.0911. The summed E-state index contributed by atoms with van der Waals surface area (Å²) >= 11 is 5.66. The van der Waals surface area contributed by atoms with Gasteiger partial charge in [0.05, 0.1) is 12.7 Å². The summed E-state index contributed by atoms with van der Waals surface area (Å²) in [6, 6.07) is 2.26. The molecule has 0 bridgehead atoms. The molecule has 1 rings (SSSR count). The number of hydrogen-bond donors (Lipinski definition) is 0. The maximum atomic E-state index is 12.2. The lowest BCUT2D eigenvalue weighted by atomic mass is 10.1. The molecule has 0 unspecified atom stereocenters. The van der Waals surface area contributed by atoms with Crippen molar-refractivity contribution in [3.05, 3.63) is 28.3 Å². The van der Waals surface area contributed by atoms with E-state index in [1.165, 1.54) is 13.2 Å². The predicted molar refractivity (Wildman–Crippen MR) is 53.1 cm³/mol. The molecule has 0 atom stereocenters. The molecule has 88 valence electrons. The van der Waals surface area contributed by atoms with Crippen molar-refractivity contribution >= 4 is 17.4 Å². The molecule has 0 amide bonds. The number of hydrogen-bond acceptors (Lipinski definition) is 2. The Balaban J connectivity index is 3.33. The maximum Gasteiger partial charge on any atom is 0.455 e. The molecule has 0 N–H and O–H groups in total. The molecule has 16 heavy (non-hydrogen) atoms. The lowest BCUT2D eigenvalue weighted by molar-refractivity contribution is -0.0886. The zero-order valence-corrected chi connectivity index (χ0v) is 9.24. The molecule has 0 heterocycles. The molecule has 0 saturated heterocycles. The van der Waals surface area contributed by atoms with Crippen LogP contribution in [0.4, 0.5) is 13.2 Å². The number of rotatable bonds is 2. The van der Waals surface area contributed by atoms with Crippen LogP contribution >= 0.6 is 11.6 Å². The van der Waals surface area contributed by atoms with Crippen LogP contribution in [0.5, 0.6) is 5.75 Å². The fourth-order valence-corrected chi connectivity index (χ4v) is 1.32. The van der Waals surface area contributed by atoms with Crippen LogP contribution in [0, 0.1) is 6.92 Å². The number of methoxy groups -OCH3 is 1. The van der Waals surface area contributed by atoms with E-state index in [2.05, 4.69) is 0 Å². The van der Waals surface area contributed by atoms with E-state index in [1.807, 2.05) is 0 Å². The maximum absolute atomic E-state index is 12.2. The van der Waals surface area contributed by atoms with Crippen molar-refractivity contribution in [2.75, 3.05) is 7.11 Å². The zero-order chi connectivity index (χ0) is 12.5. The van der Waals surface area contributed by atoms with Crippen LogP contribution in [0.2, 0.25) is 5.02 Å². The first-order valence-electron chi connectivity index (χ1n) is 4.23. The molecular weight excluding hydrogens is 245 g/mol. The van der Waals surface area contributed by atoms with Crippen molar-refractivity contribution in [1.82, 2.24) is 0 Å². The number of aryl methyl sites for hydroxylation is 1. The van der Waals surface area contributed by atoms with Gasteiger partial charge in [0.25, 0.3) is 5.78 Å². The van der Waals surface area contributed by atoms with Gasteiger partial charge in [-0.1, -0.05) is 11.6 Å². The highest BCUT2D eigenvalue weighted by Crippen LogP contribution is 2.31. The molecule has 0 aliphatic carbocycles. The average Bonchev–Trinajstić information content (AvgIpc) is 2.19. The van der Waals surface area contributed by atoms with Crippen molar-refractivity contribution in [2.45, 2.75) is 13.1 Å². The van der Waals surface area contributed by atoms with Crippen LogP contribution in [-0.4, -0.2) is 19.1 Å². The topological polar surface area (TPSA) is 26.3 Å². The number of alkyl halides is 3. The fourth-order valence-electron chi connectivity index (χ4n) is 1.15. The molecule has 0 aromatic heterocycles. The number of ether oxygens (including phenoxy) is 1. The summed E-state index contributed by atoms with van der Waals surface area (Å²) in [4.78, 5) is 11.0. The number of ketones is 1. The lowest BCUT2D eigenvalue weighted by Gasteiger charge is -2.11. The molecule has 0 fully saturated rings. The Morgan fingerprint density at radius 1 is 1.38 bits per heavy atom. The van der Waals surface area contributed by atoms with Gasteiger partial charge in [0, 0.05) is 5.02 Å². The molecule has 2 nitrogen and oxygen atoms in total. The molecule has 0 spiro atoms. The van der Waals surface area contributed by atoms with Crippen LogP contribution in [0.1, 0.15) is 15.9 Å². The van der Waals surface area contributed by atoms with Crippen LogP contribution in [0.3, 0.4) is 0 Å². The second-order valence-corrected chi connectivity index (χ2v) is 3.54. The minimum Gasteiger partial charge on any atom is -0.496 e. The first-order valence-corrected chi connectivity index (χ1v) is 4.61.